The molecule has 0 bridgehead atoms. The number of hydrogen-bond acceptors (Lipinski definition) is 2. The summed E-state index contributed by atoms with van der Waals surface area (Å²) in [5.74, 6) is 1.54. The Hall–Kier alpha value is -0.280. The fourth-order valence-electron chi connectivity index (χ4n) is 1.25. The van der Waals surface area contributed by atoms with E-state index in [-0.39, 0.29) is 0 Å². The summed E-state index contributed by atoms with van der Waals surface area (Å²) in [5, 5.41) is 0.690. The molecule has 0 spiro atoms. The molecule has 2 nitrogen and oxygen atoms in total. The molecular formula is C11H16BrClN2. The molecule has 0 aliphatic carbocycles. The van der Waals surface area contributed by atoms with Crippen molar-refractivity contribution in [2.45, 2.75) is 20.3 Å². The van der Waals surface area contributed by atoms with E-state index >= 15 is 0 Å². The lowest BCUT2D eigenvalue weighted by molar-refractivity contribution is 0.583. The summed E-state index contributed by atoms with van der Waals surface area (Å²) in [6, 6.07) is 1.87. The average Bonchev–Trinajstić information content (AvgIpc) is 2.14. The second-order valence-electron chi connectivity index (χ2n) is 4.06. The Morgan fingerprint density at radius 3 is 2.73 bits per heavy atom. The zero-order chi connectivity index (χ0) is 11.4. The van der Waals surface area contributed by atoms with Gasteiger partial charge in [0.1, 0.15) is 5.82 Å². The lowest BCUT2D eigenvalue weighted by Gasteiger charge is -2.20. The second-order valence-corrected chi connectivity index (χ2v) is 5.39. The van der Waals surface area contributed by atoms with E-state index in [0.29, 0.717) is 10.9 Å². The van der Waals surface area contributed by atoms with Gasteiger partial charge in [-0.1, -0.05) is 25.4 Å². The van der Waals surface area contributed by atoms with Crippen LogP contribution >= 0.6 is 27.5 Å². The molecule has 0 aromatic carbocycles. The largest absolute Gasteiger partial charge is 0.358 e. The van der Waals surface area contributed by atoms with Crippen LogP contribution in [0.3, 0.4) is 0 Å². The maximum absolute atomic E-state index is 6.11. The first-order valence-corrected chi connectivity index (χ1v) is 6.20. The van der Waals surface area contributed by atoms with Gasteiger partial charge >= 0.3 is 0 Å². The van der Waals surface area contributed by atoms with Crippen molar-refractivity contribution in [3.63, 3.8) is 0 Å². The van der Waals surface area contributed by atoms with E-state index in [1.165, 1.54) is 0 Å². The Balaban J connectivity index is 2.69. The molecule has 0 unspecified atom stereocenters. The van der Waals surface area contributed by atoms with Gasteiger partial charge in [-0.25, -0.2) is 4.98 Å². The molecule has 0 saturated carbocycles. The Labute approximate surface area is 105 Å². The fraction of sp³-hybridized carbons (Fsp3) is 0.545. The van der Waals surface area contributed by atoms with E-state index in [1.54, 1.807) is 6.20 Å². The zero-order valence-corrected chi connectivity index (χ0v) is 11.6. The molecule has 0 N–H and O–H groups in total. The zero-order valence-electron chi connectivity index (χ0n) is 9.30. The minimum Gasteiger partial charge on any atom is -0.358 e. The van der Waals surface area contributed by atoms with Crippen LogP contribution in [0.4, 0.5) is 5.82 Å². The summed E-state index contributed by atoms with van der Waals surface area (Å²) in [6.07, 6.45) is 2.91. The summed E-state index contributed by atoms with van der Waals surface area (Å²) in [4.78, 5) is 6.39. The highest BCUT2D eigenvalue weighted by atomic mass is 79.9. The molecule has 0 saturated heterocycles. The van der Waals surface area contributed by atoms with Gasteiger partial charge in [0.05, 0.1) is 5.02 Å². The molecule has 1 aromatic rings. The molecule has 1 rings (SSSR count). The van der Waals surface area contributed by atoms with E-state index in [9.17, 15) is 0 Å². The average molecular weight is 292 g/mol. The molecule has 4 heteroatoms. The van der Waals surface area contributed by atoms with Crippen LogP contribution in [0.2, 0.25) is 5.02 Å². The fourth-order valence-corrected chi connectivity index (χ4v) is 2.02. The first kappa shape index (κ1) is 12.8. The van der Waals surface area contributed by atoms with Gasteiger partial charge in [0.15, 0.2) is 0 Å². The minimum absolute atomic E-state index is 0.690. The minimum atomic E-state index is 0.690. The lowest BCUT2D eigenvalue weighted by atomic mass is 10.1. The smallest absolute Gasteiger partial charge is 0.147 e. The van der Waals surface area contributed by atoms with Crippen molar-refractivity contribution >= 4 is 33.3 Å². The number of nitrogens with zero attached hydrogens (tertiary/aromatic N) is 2. The summed E-state index contributed by atoms with van der Waals surface area (Å²) < 4.78 is 0.911. The predicted octanol–water partition coefficient (Wildman–Crippen LogP) is 3.98. The highest BCUT2D eigenvalue weighted by Gasteiger charge is 2.08. The molecule has 0 aliphatic rings. The van der Waals surface area contributed by atoms with Gasteiger partial charge in [0.2, 0.25) is 0 Å². The van der Waals surface area contributed by atoms with Crippen LogP contribution in [0.25, 0.3) is 0 Å². The van der Waals surface area contributed by atoms with Crippen LogP contribution in [0.5, 0.6) is 0 Å². The highest BCUT2D eigenvalue weighted by molar-refractivity contribution is 9.10. The van der Waals surface area contributed by atoms with Crippen molar-refractivity contribution in [1.82, 2.24) is 4.98 Å². The van der Waals surface area contributed by atoms with Crippen molar-refractivity contribution in [1.29, 1.82) is 0 Å². The molecule has 15 heavy (non-hydrogen) atoms. The number of aromatic nitrogens is 1. The standard InChI is InChI=1S/C11H16BrClN2/c1-8(2)4-5-15(3)11-10(13)6-9(12)7-14-11/h6-8H,4-5H2,1-3H3. The molecule has 84 valence electrons. The Bertz CT molecular complexity index is 328. The maximum atomic E-state index is 6.11. The van der Waals surface area contributed by atoms with Gasteiger partial charge in [0, 0.05) is 24.3 Å². The number of halogens is 2. The van der Waals surface area contributed by atoms with E-state index in [1.807, 2.05) is 13.1 Å². The predicted molar refractivity (Wildman–Crippen MR) is 69.7 cm³/mol. The maximum Gasteiger partial charge on any atom is 0.147 e. The topological polar surface area (TPSA) is 16.1 Å². The van der Waals surface area contributed by atoms with Crippen LogP contribution < -0.4 is 4.90 Å². The Kier molecular flexibility index (Phi) is 4.87. The quantitative estimate of drug-likeness (QED) is 0.834. The highest BCUT2D eigenvalue weighted by Crippen LogP contribution is 2.25. The summed E-state index contributed by atoms with van der Waals surface area (Å²) in [5.41, 5.74) is 0. The molecule has 1 aromatic heterocycles. The van der Waals surface area contributed by atoms with E-state index in [4.69, 9.17) is 11.6 Å². The van der Waals surface area contributed by atoms with Gasteiger partial charge in [0.25, 0.3) is 0 Å². The third kappa shape index (κ3) is 3.99. The molecule has 0 atom stereocenters. The van der Waals surface area contributed by atoms with Gasteiger partial charge in [-0.15, -0.1) is 0 Å². The van der Waals surface area contributed by atoms with Crippen molar-refractivity contribution in [3.05, 3.63) is 21.8 Å². The van der Waals surface area contributed by atoms with Crippen LogP contribution in [-0.4, -0.2) is 18.6 Å². The Morgan fingerprint density at radius 1 is 1.53 bits per heavy atom. The lowest BCUT2D eigenvalue weighted by Crippen LogP contribution is -2.21. The van der Waals surface area contributed by atoms with Crippen molar-refractivity contribution < 1.29 is 0 Å². The molecule has 0 amide bonds. The number of pyridine rings is 1. The molecular weight excluding hydrogens is 275 g/mol. The normalized spacial score (nSPS) is 10.8. The van der Waals surface area contributed by atoms with E-state index in [2.05, 4.69) is 39.7 Å². The van der Waals surface area contributed by atoms with Crippen molar-refractivity contribution in [2.75, 3.05) is 18.5 Å². The van der Waals surface area contributed by atoms with E-state index in [0.717, 1.165) is 23.3 Å². The molecule has 1 heterocycles. The van der Waals surface area contributed by atoms with Crippen molar-refractivity contribution in [3.8, 4) is 0 Å². The first-order chi connectivity index (χ1) is 7.00. The number of anilines is 1. The van der Waals surface area contributed by atoms with Gasteiger partial charge in [-0.2, -0.15) is 0 Å². The molecule has 0 radical (unpaired) electrons. The third-order valence-corrected chi connectivity index (χ3v) is 2.90. The summed E-state index contributed by atoms with van der Waals surface area (Å²) in [6.45, 7) is 5.40. The van der Waals surface area contributed by atoms with Crippen LogP contribution in [0, 0.1) is 5.92 Å². The van der Waals surface area contributed by atoms with Crippen molar-refractivity contribution in [2.24, 2.45) is 5.92 Å². The van der Waals surface area contributed by atoms with Gasteiger partial charge < -0.3 is 4.90 Å². The summed E-state index contributed by atoms with van der Waals surface area (Å²) in [7, 11) is 2.02. The van der Waals surface area contributed by atoms with E-state index < -0.39 is 0 Å². The van der Waals surface area contributed by atoms with Crippen LogP contribution in [0.15, 0.2) is 16.7 Å². The Morgan fingerprint density at radius 2 is 2.20 bits per heavy atom. The van der Waals surface area contributed by atoms with Gasteiger partial charge in [-0.3, -0.25) is 0 Å². The summed E-state index contributed by atoms with van der Waals surface area (Å²) >= 11 is 9.45. The van der Waals surface area contributed by atoms with Crippen LogP contribution in [0.1, 0.15) is 20.3 Å². The number of hydrogen-bond donors (Lipinski definition) is 0. The SMILES string of the molecule is CC(C)CCN(C)c1ncc(Br)cc1Cl. The molecule has 0 aliphatic heterocycles. The third-order valence-electron chi connectivity index (χ3n) is 2.19. The van der Waals surface area contributed by atoms with Crippen LogP contribution in [-0.2, 0) is 0 Å². The van der Waals surface area contributed by atoms with Gasteiger partial charge in [-0.05, 0) is 34.3 Å². The monoisotopic (exact) mass is 290 g/mol. The first-order valence-electron chi connectivity index (χ1n) is 5.03. The number of rotatable bonds is 4. The second kappa shape index (κ2) is 5.71. The molecule has 0 fully saturated rings.